The summed E-state index contributed by atoms with van der Waals surface area (Å²) < 4.78 is 0.978. The molecule has 2 aromatic rings. The van der Waals surface area contributed by atoms with Crippen molar-refractivity contribution in [2.24, 2.45) is 0 Å². The minimum Gasteiger partial charge on any atom is -0.508 e. The molecular formula is C14H15BrN2O. The maximum atomic E-state index is 9.27. The van der Waals surface area contributed by atoms with Crippen LogP contribution in [0, 0.1) is 0 Å². The minimum atomic E-state index is 0.208. The Morgan fingerprint density at radius 2 is 2.00 bits per heavy atom. The van der Waals surface area contributed by atoms with Crippen molar-refractivity contribution in [2.45, 2.75) is 12.5 Å². The van der Waals surface area contributed by atoms with E-state index in [0.29, 0.717) is 5.75 Å². The number of phenols is 1. The fraction of sp³-hybridized carbons (Fsp3) is 0.214. The fourth-order valence-electron chi connectivity index (χ4n) is 1.87. The van der Waals surface area contributed by atoms with E-state index >= 15 is 0 Å². The van der Waals surface area contributed by atoms with Gasteiger partial charge in [-0.05, 0) is 58.7 Å². The molecule has 0 saturated heterocycles. The van der Waals surface area contributed by atoms with E-state index < -0.39 is 0 Å². The lowest BCUT2D eigenvalue weighted by molar-refractivity contribution is 0.475. The van der Waals surface area contributed by atoms with Crippen LogP contribution in [0.25, 0.3) is 0 Å². The van der Waals surface area contributed by atoms with Gasteiger partial charge in [0.15, 0.2) is 0 Å². The van der Waals surface area contributed by atoms with Crippen LogP contribution < -0.4 is 5.32 Å². The van der Waals surface area contributed by atoms with Gasteiger partial charge in [-0.2, -0.15) is 0 Å². The molecule has 1 aromatic carbocycles. The van der Waals surface area contributed by atoms with Crippen molar-refractivity contribution in [3.05, 3.63) is 58.3 Å². The molecule has 0 bridgehead atoms. The minimum absolute atomic E-state index is 0.208. The Balaban J connectivity index is 2.17. The van der Waals surface area contributed by atoms with Gasteiger partial charge >= 0.3 is 0 Å². The van der Waals surface area contributed by atoms with E-state index in [1.807, 2.05) is 25.4 Å². The van der Waals surface area contributed by atoms with Crippen LogP contribution in [0.4, 0.5) is 0 Å². The molecule has 0 aliphatic heterocycles. The van der Waals surface area contributed by atoms with Crippen molar-refractivity contribution in [3.8, 4) is 5.75 Å². The quantitative estimate of drug-likeness (QED) is 0.912. The molecule has 4 heteroatoms. The monoisotopic (exact) mass is 306 g/mol. The highest BCUT2D eigenvalue weighted by molar-refractivity contribution is 9.10. The summed E-state index contributed by atoms with van der Waals surface area (Å²) in [5.74, 6) is 0.295. The van der Waals surface area contributed by atoms with Crippen molar-refractivity contribution in [1.82, 2.24) is 10.3 Å². The van der Waals surface area contributed by atoms with E-state index in [1.54, 1.807) is 18.3 Å². The predicted octanol–water partition coefficient (Wildman–Crippen LogP) is 3.05. The van der Waals surface area contributed by atoms with Gasteiger partial charge in [-0.1, -0.05) is 12.1 Å². The second-order valence-electron chi connectivity index (χ2n) is 4.15. The van der Waals surface area contributed by atoms with Crippen LogP contribution in [0.3, 0.4) is 0 Å². The summed E-state index contributed by atoms with van der Waals surface area (Å²) in [6.45, 7) is 0. The number of hydrogen-bond acceptors (Lipinski definition) is 3. The van der Waals surface area contributed by atoms with Crippen molar-refractivity contribution in [2.75, 3.05) is 7.05 Å². The van der Waals surface area contributed by atoms with Gasteiger partial charge in [0, 0.05) is 22.9 Å². The van der Waals surface area contributed by atoms with Crippen LogP contribution in [0.1, 0.15) is 17.2 Å². The van der Waals surface area contributed by atoms with Gasteiger partial charge in [-0.15, -0.1) is 0 Å². The summed E-state index contributed by atoms with van der Waals surface area (Å²) in [6.07, 6.45) is 4.50. The molecule has 0 aliphatic rings. The zero-order chi connectivity index (χ0) is 13.0. The first-order valence-corrected chi connectivity index (χ1v) is 6.54. The number of aromatic nitrogens is 1. The second-order valence-corrected chi connectivity index (χ2v) is 5.06. The average Bonchev–Trinajstić information content (AvgIpc) is 2.38. The van der Waals surface area contributed by atoms with E-state index in [-0.39, 0.29) is 6.04 Å². The number of nitrogens with zero attached hydrogens (tertiary/aromatic N) is 1. The molecule has 94 valence electrons. The maximum absolute atomic E-state index is 9.27. The van der Waals surface area contributed by atoms with Gasteiger partial charge in [0.05, 0.1) is 0 Å². The van der Waals surface area contributed by atoms with E-state index in [2.05, 4.69) is 32.3 Å². The number of phenolic OH excluding ortho intramolecular Hbond substituents is 1. The fourth-order valence-corrected chi connectivity index (χ4v) is 2.26. The van der Waals surface area contributed by atoms with E-state index in [4.69, 9.17) is 0 Å². The lowest BCUT2D eigenvalue weighted by atomic mass is 10.0. The Hall–Kier alpha value is -1.39. The molecule has 18 heavy (non-hydrogen) atoms. The molecule has 3 nitrogen and oxygen atoms in total. The van der Waals surface area contributed by atoms with Gasteiger partial charge in [0.1, 0.15) is 5.75 Å². The molecule has 0 radical (unpaired) electrons. The zero-order valence-electron chi connectivity index (χ0n) is 10.1. The smallest absolute Gasteiger partial charge is 0.115 e. The molecule has 1 heterocycles. The number of halogens is 1. The van der Waals surface area contributed by atoms with Crippen molar-refractivity contribution >= 4 is 15.9 Å². The molecular weight excluding hydrogens is 292 g/mol. The summed E-state index contributed by atoms with van der Waals surface area (Å²) in [6, 6.07) is 9.56. The number of nitrogens with one attached hydrogen (secondary N) is 1. The Morgan fingerprint density at radius 1 is 1.28 bits per heavy atom. The zero-order valence-corrected chi connectivity index (χ0v) is 11.7. The van der Waals surface area contributed by atoms with Crippen LogP contribution in [-0.2, 0) is 6.42 Å². The first kappa shape index (κ1) is 13.1. The Kier molecular flexibility index (Phi) is 4.33. The van der Waals surface area contributed by atoms with Crippen molar-refractivity contribution in [1.29, 1.82) is 0 Å². The number of rotatable bonds is 4. The molecule has 0 aliphatic carbocycles. The molecule has 0 spiro atoms. The number of aromatic hydroxyl groups is 1. The van der Waals surface area contributed by atoms with Crippen LogP contribution >= 0.6 is 15.9 Å². The molecule has 0 fully saturated rings. The van der Waals surface area contributed by atoms with Gasteiger partial charge in [-0.25, -0.2) is 0 Å². The predicted molar refractivity (Wildman–Crippen MR) is 75.5 cm³/mol. The summed E-state index contributed by atoms with van der Waals surface area (Å²) >= 11 is 3.43. The third kappa shape index (κ3) is 3.31. The molecule has 0 saturated carbocycles. The Morgan fingerprint density at radius 3 is 2.61 bits per heavy atom. The largest absolute Gasteiger partial charge is 0.508 e. The van der Waals surface area contributed by atoms with Crippen LogP contribution in [0.2, 0.25) is 0 Å². The van der Waals surface area contributed by atoms with Crippen molar-refractivity contribution in [3.63, 3.8) is 0 Å². The number of likely N-dealkylation sites (N-methyl/N-ethyl adjacent to an activating group) is 1. The van der Waals surface area contributed by atoms with Gasteiger partial charge in [0.25, 0.3) is 0 Å². The molecule has 1 atom stereocenters. The summed E-state index contributed by atoms with van der Waals surface area (Å²) in [5.41, 5.74) is 2.31. The first-order chi connectivity index (χ1) is 8.69. The van der Waals surface area contributed by atoms with Crippen LogP contribution in [0.15, 0.2) is 47.2 Å². The molecule has 0 amide bonds. The van der Waals surface area contributed by atoms with Crippen molar-refractivity contribution < 1.29 is 5.11 Å². The number of benzene rings is 1. The number of pyridine rings is 1. The third-order valence-electron chi connectivity index (χ3n) is 2.85. The van der Waals surface area contributed by atoms with Crippen LogP contribution in [-0.4, -0.2) is 17.1 Å². The second kappa shape index (κ2) is 5.98. The highest BCUT2D eigenvalue weighted by Crippen LogP contribution is 2.21. The Labute approximate surface area is 115 Å². The highest BCUT2D eigenvalue weighted by Gasteiger charge is 2.10. The molecule has 2 N–H and O–H groups in total. The molecule has 1 unspecified atom stereocenters. The van der Waals surface area contributed by atoms with E-state index in [1.165, 1.54) is 5.56 Å². The maximum Gasteiger partial charge on any atom is 0.115 e. The average molecular weight is 307 g/mol. The first-order valence-electron chi connectivity index (χ1n) is 5.74. The molecule has 2 rings (SSSR count). The SMILES string of the molecule is CNC(Cc1ccc(O)cc1)c1cncc(Br)c1. The third-order valence-corrected chi connectivity index (χ3v) is 3.29. The molecule has 1 aromatic heterocycles. The van der Waals surface area contributed by atoms with Crippen LogP contribution in [0.5, 0.6) is 5.75 Å². The van der Waals surface area contributed by atoms with Gasteiger partial charge in [0.2, 0.25) is 0 Å². The summed E-state index contributed by atoms with van der Waals surface area (Å²) in [4.78, 5) is 4.18. The summed E-state index contributed by atoms with van der Waals surface area (Å²) in [5, 5.41) is 12.6. The van der Waals surface area contributed by atoms with E-state index in [9.17, 15) is 5.11 Å². The highest BCUT2D eigenvalue weighted by atomic mass is 79.9. The topological polar surface area (TPSA) is 45.1 Å². The lowest BCUT2D eigenvalue weighted by Crippen LogP contribution is -2.19. The lowest BCUT2D eigenvalue weighted by Gasteiger charge is -2.16. The number of hydrogen-bond donors (Lipinski definition) is 2. The van der Waals surface area contributed by atoms with Gasteiger partial charge in [-0.3, -0.25) is 4.98 Å². The Bertz CT molecular complexity index is 513. The summed E-state index contributed by atoms with van der Waals surface area (Å²) in [7, 11) is 1.94. The normalized spacial score (nSPS) is 12.3. The van der Waals surface area contributed by atoms with E-state index in [0.717, 1.165) is 16.5 Å². The standard InChI is InChI=1S/C14H15BrN2O/c1-16-14(11-7-12(15)9-17-8-11)6-10-2-4-13(18)5-3-10/h2-5,7-9,14,16,18H,6H2,1H3. The van der Waals surface area contributed by atoms with Gasteiger partial charge < -0.3 is 10.4 Å².